The van der Waals surface area contributed by atoms with Crippen LogP contribution in [-0.2, 0) is 0 Å². The van der Waals surface area contributed by atoms with E-state index in [0.717, 1.165) is 0 Å². The van der Waals surface area contributed by atoms with Crippen molar-refractivity contribution in [1.29, 1.82) is 0 Å². The minimum absolute atomic E-state index is 0.218. The Morgan fingerprint density at radius 3 is 2.92 bits per heavy atom. The minimum Gasteiger partial charge on any atom is -0.493 e. The molecule has 0 aliphatic rings. The Hall–Kier alpha value is -1.49. The summed E-state index contributed by atoms with van der Waals surface area (Å²) in [4.78, 5) is 0. The van der Waals surface area contributed by atoms with E-state index in [1.54, 1.807) is 19.1 Å². The van der Waals surface area contributed by atoms with Gasteiger partial charge in [-0.3, -0.25) is 0 Å². The summed E-state index contributed by atoms with van der Waals surface area (Å²) in [5.41, 5.74) is 0.582. The lowest BCUT2D eigenvalue weighted by Gasteiger charge is -2.04. The molecule has 0 N–H and O–H groups in total. The van der Waals surface area contributed by atoms with Gasteiger partial charge in [0, 0.05) is 6.42 Å². The van der Waals surface area contributed by atoms with Crippen molar-refractivity contribution in [1.82, 2.24) is 0 Å². The number of benzene rings is 1. The molecule has 0 aliphatic carbocycles. The van der Waals surface area contributed by atoms with Crippen LogP contribution in [0.4, 0.5) is 4.39 Å². The largest absolute Gasteiger partial charge is 0.493 e. The molecule has 0 aliphatic heterocycles. The third kappa shape index (κ3) is 2.79. The van der Waals surface area contributed by atoms with Gasteiger partial charge < -0.3 is 4.74 Å². The van der Waals surface area contributed by atoms with Crippen LogP contribution >= 0.6 is 0 Å². The van der Waals surface area contributed by atoms with Crippen molar-refractivity contribution in [2.75, 3.05) is 6.61 Å². The molecule has 0 atom stereocenters. The van der Waals surface area contributed by atoms with Gasteiger partial charge in [-0.25, -0.2) is 4.39 Å². The number of aryl methyl sites for hydroxylation is 1. The Balaban J connectivity index is 2.59. The molecule has 68 valence electrons. The Bertz CT molecular complexity index is 325. The fraction of sp³-hybridized carbons (Fsp3) is 0.273. The topological polar surface area (TPSA) is 9.23 Å². The molecular weight excluding hydrogens is 167 g/mol. The van der Waals surface area contributed by atoms with Gasteiger partial charge in [0.2, 0.25) is 0 Å². The highest BCUT2D eigenvalue weighted by molar-refractivity contribution is 5.28. The van der Waals surface area contributed by atoms with Crippen molar-refractivity contribution in [3.05, 3.63) is 29.6 Å². The summed E-state index contributed by atoms with van der Waals surface area (Å²) < 4.78 is 18.1. The highest BCUT2D eigenvalue weighted by Gasteiger charge is 1.98. The molecule has 0 amide bonds. The fourth-order valence-corrected chi connectivity index (χ4v) is 0.935. The van der Waals surface area contributed by atoms with Crippen LogP contribution in [0.2, 0.25) is 0 Å². The van der Waals surface area contributed by atoms with Gasteiger partial charge in [0.05, 0.1) is 6.61 Å². The summed E-state index contributed by atoms with van der Waals surface area (Å²) in [6.45, 7) is 2.17. The van der Waals surface area contributed by atoms with E-state index in [1.165, 1.54) is 6.07 Å². The number of terminal acetylenes is 1. The maximum absolute atomic E-state index is 12.8. The second-order valence-corrected chi connectivity index (χ2v) is 2.71. The zero-order valence-electron chi connectivity index (χ0n) is 7.51. The van der Waals surface area contributed by atoms with E-state index in [0.29, 0.717) is 24.3 Å². The van der Waals surface area contributed by atoms with Crippen molar-refractivity contribution in [3.8, 4) is 18.1 Å². The van der Waals surface area contributed by atoms with Gasteiger partial charge in [0.1, 0.15) is 11.6 Å². The molecule has 1 nitrogen and oxygen atoms in total. The summed E-state index contributed by atoms with van der Waals surface area (Å²) in [6, 6.07) is 4.64. The number of halogens is 1. The van der Waals surface area contributed by atoms with Crippen molar-refractivity contribution in [3.63, 3.8) is 0 Å². The van der Waals surface area contributed by atoms with Gasteiger partial charge in [-0.05, 0) is 30.7 Å². The number of hydrogen-bond acceptors (Lipinski definition) is 1. The standard InChI is InChI=1S/C11H11FO/c1-3-4-7-13-10-5-6-11(12)9(2)8-10/h1,5-6,8H,4,7H2,2H3. The van der Waals surface area contributed by atoms with Crippen LogP contribution in [0, 0.1) is 25.1 Å². The third-order valence-corrected chi connectivity index (χ3v) is 1.64. The zero-order valence-corrected chi connectivity index (χ0v) is 7.51. The molecule has 1 aromatic carbocycles. The molecule has 0 spiro atoms. The van der Waals surface area contributed by atoms with E-state index in [2.05, 4.69) is 5.92 Å². The average molecular weight is 178 g/mol. The first kappa shape index (κ1) is 9.60. The smallest absolute Gasteiger partial charge is 0.126 e. The molecule has 1 aromatic rings. The molecule has 0 fully saturated rings. The van der Waals surface area contributed by atoms with Crippen LogP contribution in [0.25, 0.3) is 0 Å². The maximum Gasteiger partial charge on any atom is 0.126 e. The number of ether oxygens (including phenoxy) is 1. The lowest BCUT2D eigenvalue weighted by atomic mass is 10.2. The molecule has 13 heavy (non-hydrogen) atoms. The molecule has 0 aromatic heterocycles. The first-order chi connectivity index (χ1) is 6.24. The molecule has 0 saturated heterocycles. The third-order valence-electron chi connectivity index (χ3n) is 1.64. The first-order valence-electron chi connectivity index (χ1n) is 4.06. The van der Waals surface area contributed by atoms with Crippen molar-refractivity contribution < 1.29 is 9.13 Å². The van der Waals surface area contributed by atoms with Gasteiger partial charge in [-0.2, -0.15) is 0 Å². The van der Waals surface area contributed by atoms with Crippen LogP contribution in [0.15, 0.2) is 18.2 Å². The average Bonchev–Trinajstić information content (AvgIpc) is 2.12. The van der Waals surface area contributed by atoms with E-state index < -0.39 is 0 Å². The Morgan fingerprint density at radius 2 is 2.31 bits per heavy atom. The fourth-order valence-electron chi connectivity index (χ4n) is 0.935. The summed E-state index contributed by atoms with van der Waals surface area (Å²) in [7, 11) is 0. The summed E-state index contributed by atoms with van der Waals surface area (Å²) >= 11 is 0. The molecule has 0 radical (unpaired) electrons. The van der Waals surface area contributed by atoms with Gasteiger partial charge in [0.25, 0.3) is 0 Å². The van der Waals surface area contributed by atoms with Gasteiger partial charge >= 0.3 is 0 Å². The molecule has 1 rings (SSSR count). The summed E-state index contributed by atoms with van der Waals surface area (Å²) in [5.74, 6) is 2.91. The van der Waals surface area contributed by atoms with Crippen molar-refractivity contribution in [2.24, 2.45) is 0 Å². The highest BCUT2D eigenvalue weighted by atomic mass is 19.1. The first-order valence-corrected chi connectivity index (χ1v) is 4.06. The molecule has 2 heteroatoms. The van der Waals surface area contributed by atoms with Crippen LogP contribution in [0.5, 0.6) is 5.75 Å². The SMILES string of the molecule is C#CCCOc1ccc(F)c(C)c1. The molecule has 0 heterocycles. The van der Waals surface area contributed by atoms with Crippen LogP contribution in [-0.4, -0.2) is 6.61 Å². The second-order valence-electron chi connectivity index (χ2n) is 2.71. The van der Waals surface area contributed by atoms with Crippen LogP contribution in [0.3, 0.4) is 0 Å². The summed E-state index contributed by atoms with van der Waals surface area (Å²) in [5, 5.41) is 0. The van der Waals surface area contributed by atoms with E-state index in [-0.39, 0.29) is 5.82 Å². The highest BCUT2D eigenvalue weighted by Crippen LogP contribution is 2.15. The molecule has 0 bridgehead atoms. The van der Waals surface area contributed by atoms with Gasteiger partial charge in [-0.1, -0.05) is 0 Å². The monoisotopic (exact) mass is 178 g/mol. The van der Waals surface area contributed by atoms with E-state index in [9.17, 15) is 4.39 Å². The van der Waals surface area contributed by atoms with Gasteiger partial charge in [0.15, 0.2) is 0 Å². The van der Waals surface area contributed by atoms with E-state index in [4.69, 9.17) is 11.2 Å². The molecule has 0 saturated carbocycles. The maximum atomic E-state index is 12.8. The lowest BCUT2D eigenvalue weighted by molar-refractivity contribution is 0.326. The quantitative estimate of drug-likeness (QED) is 0.510. The van der Waals surface area contributed by atoms with Gasteiger partial charge in [-0.15, -0.1) is 12.3 Å². The van der Waals surface area contributed by atoms with E-state index in [1.807, 2.05) is 0 Å². The predicted octanol–water partition coefficient (Wildman–Crippen LogP) is 2.54. The van der Waals surface area contributed by atoms with E-state index >= 15 is 0 Å². The Morgan fingerprint density at radius 1 is 1.54 bits per heavy atom. The van der Waals surface area contributed by atoms with Crippen LogP contribution in [0.1, 0.15) is 12.0 Å². The number of rotatable bonds is 3. The van der Waals surface area contributed by atoms with Crippen LogP contribution < -0.4 is 4.74 Å². The van der Waals surface area contributed by atoms with Crippen molar-refractivity contribution >= 4 is 0 Å². The van der Waals surface area contributed by atoms with Crippen molar-refractivity contribution in [2.45, 2.75) is 13.3 Å². The Kier molecular flexibility index (Phi) is 3.33. The Labute approximate surface area is 77.5 Å². The minimum atomic E-state index is -0.218. The lowest BCUT2D eigenvalue weighted by Crippen LogP contribution is -1.96. The zero-order chi connectivity index (χ0) is 9.68. The second kappa shape index (κ2) is 4.51. The normalized spacial score (nSPS) is 9.31. The number of hydrogen-bond donors (Lipinski definition) is 0. The molecular formula is C11H11FO. The predicted molar refractivity (Wildman–Crippen MR) is 50.1 cm³/mol. The summed E-state index contributed by atoms with van der Waals surface area (Å²) in [6.07, 6.45) is 5.62. The molecule has 0 unspecified atom stereocenters.